The van der Waals surface area contributed by atoms with Crippen molar-refractivity contribution >= 4 is 28.1 Å². The summed E-state index contributed by atoms with van der Waals surface area (Å²) in [5.74, 6) is 0. The second-order valence-corrected chi connectivity index (χ2v) is 3.94. The number of methoxy groups -OCH3 is 1. The van der Waals surface area contributed by atoms with Crippen molar-refractivity contribution in [2.75, 3.05) is 32.2 Å². The van der Waals surface area contributed by atoms with Gasteiger partial charge in [0, 0.05) is 32.7 Å². The molecule has 13 heavy (non-hydrogen) atoms. The topological polar surface area (TPSA) is 25.4 Å². The van der Waals surface area contributed by atoms with E-state index in [1.54, 1.807) is 18.4 Å². The summed E-state index contributed by atoms with van der Waals surface area (Å²) in [6, 6.07) is 0. The molecule has 0 fully saturated rings. The molecule has 0 aromatic carbocycles. The Labute approximate surface area is 87.3 Å². The van der Waals surface area contributed by atoms with Crippen molar-refractivity contribution in [1.82, 2.24) is 4.98 Å². The van der Waals surface area contributed by atoms with Gasteiger partial charge < -0.3 is 9.64 Å². The van der Waals surface area contributed by atoms with Crippen molar-refractivity contribution in [2.45, 2.75) is 6.42 Å². The summed E-state index contributed by atoms with van der Waals surface area (Å²) in [4.78, 5) is 6.24. The third-order valence-electron chi connectivity index (χ3n) is 1.63. The quantitative estimate of drug-likeness (QED) is 0.712. The molecule has 0 aliphatic heterocycles. The van der Waals surface area contributed by atoms with Crippen LogP contribution in [0.4, 0.5) is 5.13 Å². The molecular weight excluding hydrogens is 208 g/mol. The van der Waals surface area contributed by atoms with Crippen molar-refractivity contribution in [3.8, 4) is 0 Å². The van der Waals surface area contributed by atoms with Crippen LogP contribution in [0.25, 0.3) is 0 Å². The van der Waals surface area contributed by atoms with Gasteiger partial charge >= 0.3 is 0 Å². The highest BCUT2D eigenvalue weighted by molar-refractivity contribution is 7.14. The minimum absolute atomic E-state index is 0.568. The molecule has 0 unspecified atom stereocenters. The Morgan fingerprint density at radius 3 is 3.00 bits per heavy atom. The molecule has 0 amide bonds. The molecule has 1 aromatic heterocycles. The minimum Gasteiger partial charge on any atom is -0.385 e. The zero-order valence-electron chi connectivity index (χ0n) is 7.79. The second-order valence-electron chi connectivity index (χ2n) is 2.72. The minimum atomic E-state index is 0.568. The van der Waals surface area contributed by atoms with Crippen LogP contribution < -0.4 is 4.90 Å². The molecule has 0 saturated carbocycles. The fourth-order valence-corrected chi connectivity index (χ4v) is 1.90. The standard InChI is InChI=1S/C8H13ClN2OS/c1-11(4-3-5-12-2)8-10-7(9)6-13-8/h6H,3-5H2,1-2H3. The Kier molecular flexibility index (Phi) is 4.48. The van der Waals surface area contributed by atoms with Gasteiger partial charge in [-0.3, -0.25) is 0 Å². The number of nitrogens with zero attached hydrogens (tertiary/aromatic N) is 2. The van der Waals surface area contributed by atoms with E-state index in [9.17, 15) is 0 Å². The number of rotatable bonds is 5. The number of anilines is 1. The van der Waals surface area contributed by atoms with E-state index in [1.807, 2.05) is 12.4 Å². The van der Waals surface area contributed by atoms with Gasteiger partial charge in [-0.05, 0) is 6.42 Å². The zero-order chi connectivity index (χ0) is 9.68. The summed E-state index contributed by atoms with van der Waals surface area (Å²) in [5, 5.41) is 3.36. The lowest BCUT2D eigenvalue weighted by Crippen LogP contribution is -2.19. The summed E-state index contributed by atoms with van der Waals surface area (Å²) in [6.45, 7) is 1.72. The van der Waals surface area contributed by atoms with Crippen LogP contribution in [-0.2, 0) is 4.74 Å². The highest BCUT2D eigenvalue weighted by Gasteiger charge is 2.04. The van der Waals surface area contributed by atoms with Crippen LogP contribution >= 0.6 is 22.9 Å². The van der Waals surface area contributed by atoms with Crippen molar-refractivity contribution in [3.05, 3.63) is 10.5 Å². The number of aromatic nitrogens is 1. The SMILES string of the molecule is COCCCN(C)c1nc(Cl)cs1. The lowest BCUT2D eigenvalue weighted by molar-refractivity contribution is 0.196. The predicted octanol–water partition coefficient (Wildman–Crippen LogP) is 2.27. The molecule has 0 atom stereocenters. The van der Waals surface area contributed by atoms with E-state index < -0.39 is 0 Å². The summed E-state index contributed by atoms with van der Waals surface area (Å²) in [5.41, 5.74) is 0. The van der Waals surface area contributed by atoms with Crippen LogP contribution in [0.2, 0.25) is 5.15 Å². The molecule has 74 valence electrons. The number of halogens is 1. The van der Waals surface area contributed by atoms with Crippen LogP contribution in [0.15, 0.2) is 5.38 Å². The van der Waals surface area contributed by atoms with Crippen molar-refractivity contribution in [3.63, 3.8) is 0 Å². The number of ether oxygens (including phenoxy) is 1. The fourth-order valence-electron chi connectivity index (χ4n) is 0.962. The van der Waals surface area contributed by atoms with Crippen molar-refractivity contribution in [2.24, 2.45) is 0 Å². The second kappa shape index (κ2) is 5.42. The molecule has 0 aliphatic carbocycles. The van der Waals surface area contributed by atoms with E-state index in [1.165, 1.54) is 0 Å². The molecule has 5 heteroatoms. The third-order valence-corrected chi connectivity index (χ3v) is 2.91. The molecule has 3 nitrogen and oxygen atoms in total. The Morgan fingerprint density at radius 2 is 2.46 bits per heavy atom. The lowest BCUT2D eigenvalue weighted by atomic mass is 10.4. The predicted molar refractivity (Wildman–Crippen MR) is 56.9 cm³/mol. The van der Waals surface area contributed by atoms with Gasteiger partial charge in [-0.15, -0.1) is 11.3 Å². The van der Waals surface area contributed by atoms with E-state index in [0.717, 1.165) is 24.7 Å². The zero-order valence-corrected chi connectivity index (χ0v) is 9.36. The molecule has 0 saturated heterocycles. The van der Waals surface area contributed by atoms with E-state index >= 15 is 0 Å². The Balaban J connectivity index is 2.35. The van der Waals surface area contributed by atoms with Crippen molar-refractivity contribution in [1.29, 1.82) is 0 Å². The van der Waals surface area contributed by atoms with E-state index in [2.05, 4.69) is 9.88 Å². The van der Waals surface area contributed by atoms with Crippen LogP contribution in [0.1, 0.15) is 6.42 Å². The van der Waals surface area contributed by atoms with Crippen LogP contribution in [-0.4, -0.2) is 32.3 Å². The van der Waals surface area contributed by atoms with Gasteiger partial charge in [0.15, 0.2) is 5.13 Å². The van der Waals surface area contributed by atoms with Gasteiger partial charge in [-0.2, -0.15) is 0 Å². The first-order valence-corrected chi connectivity index (χ1v) is 5.31. The molecule has 0 spiro atoms. The number of hydrogen-bond acceptors (Lipinski definition) is 4. The van der Waals surface area contributed by atoms with Gasteiger partial charge in [0.05, 0.1) is 0 Å². The van der Waals surface area contributed by atoms with Gasteiger partial charge in [0.1, 0.15) is 5.15 Å². The molecular formula is C8H13ClN2OS. The third kappa shape index (κ3) is 3.50. The maximum atomic E-state index is 5.71. The molecule has 1 heterocycles. The molecule has 0 N–H and O–H groups in total. The van der Waals surface area contributed by atoms with Gasteiger partial charge in [0.25, 0.3) is 0 Å². The molecule has 0 bridgehead atoms. The van der Waals surface area contributed by atoms with Crippen molar-refractivity contribution < 1.29 is 4.74 Å². The van der Waals surface area contributed by atoms with E-state index in [4.69, 9.17) is 16.3 Å². The number of hydrogen-bond donors (Lipinski definition) is 0. The first-order chi connectivity index (χ1) is 6.24. The average Bonchev–Trinajstić information content (AvgIpc) is 2.52. The van der Waals surface area contributed by atoms with Crippen LogP contribution in [0, 0.1) is 0 Å². The van der Waals surface area contributed by atoms with E-state index in [-0.39, 0.29) is 0 Å². The van der Waals surface area contributed by atoms with E-state index in [0.29, 0.717) is 5.15 Å². The van der Waals surface area contributed by atoms with Crippen LogP contribution in [0.3, 0.4) is 0 Å². The Morgan fingerprint density at radius 1 is 1.69 bits per heavy atom. The lowest BCUT2D eigenvalue weighted by Gasteiger charge is -2.14. The highest BCUT2D eigenvalue weighted by Crippen LogP contribution is 2.21. The summed E-state index contributed by atoms with van der Waals surface area (Å²) in [6.07, 6.45) is 1.00. The normalized spacial score (nSPS) is 10.4. The first-order valence-electron chi connectivity index (χ1n) is 4.05. The Hall–Kier alpha value is -0.320. The van der Waals surface area contributed by atoms with Gasteiger partial charge in [-0.25, -0.2) is 4.98 Å². The monoisotopic (exact) mass is 220 g/mol. The molecule has 1 aromatic rings. The van der Waals surface area contributed by atoms with Crippen LogP contribution in [0.5, 0.6) is 0 Å². The van der Waals surface area contributed by atoms with Gasteiger partial charge in [0.2, 0.25) is 0 Å². The highest BCUT2D eigenvalue weighted by atomic mass is 35.5. The number of thiazole rings is 1. The Bertz CT molecular complexity index is 254. The molecule has 0 radical (unpaired) electrons. The summed E-state index contributed by atoms with van der Waals surface area (Å²) < 4.78 is 4.96. The summed E-state index contributed by atoms with van der Waals surface area (Å²) in [7, 11) is 3.71. The maximum absolute atomic E-state index is 5.71. The fraction of sp³-hybridized carbons (Fsp3) is 0.625. The molecule has 0 aliphatic rings. The molecule has 1 rings (SSSR count). The largest absolute Gasteiger partial charge is 0.385 e. The maximum Gasteiger partial charge on any atom is 0.186 e. The smallest absolute Gasteiger partial charge is 0.186 e. The average molecular weight is 221 g/mol. The summed E-state index contributed by atoms with van der Waals surface area (Å²) >= 11 is 7.27. The van der Waals surface area contributed by atoms with Gasteiger partial charge in [-0.1, -0.05) is 11.6 Å². The first kappa shape index (κ1) is 10.8.